The number of benzene rings is 2. The number of aromatic nitrogens is 1. The second-order valence-electron chi connectivity index (χ2n) is 7.22. The van der Waals surface area contributed by atoms with E-state index in [9.17, 15) is 27.7 Å². The van der Waals surface area contributed by atoms with Crippen LogP contribution in [-0.2, 0) is 30.6 Å². The molecule has 0 spiro atoms. The molecule has 0 saturated heterocycles. The van der Waals surface area contributed by atoms with E-state index in [4.69, 9.17) is 4.74 Å². The summed E-state index contributed by atoms with van der Waals surface area (Å²) in [6.07, 6.45) is 1.45. The molecule has 0 fully saturated rings. The van der Waals surface area contributed by atoms with Crippen molar-refractivity contribution in [1.29, 1.82) is 0 Å². The maximum absolute atomic E-state index is 13.5. The van der Waals surface area contributed by atoms with E-state index in [2.05, 4.69) is 4.84 Å². The van der Waals surface area contributed by atoms with Gasteiger partial charge in [-0.3, -0.25) is 0 Å². The molecule has 0 N–H and O–H groups in total. The molecule has 11 heteroatoms. The Hall–Kier alpha value is -3.73. The van der Waals surface area contributed by atoms with E-state index in [-0.39, 0.29) is 17.3 Å². The summed E-state index contributed by atoms with van der Waals surface area (Å²) in [4.78, 5) is 25.9. The van der Waals surface area contributed by atoms with Crippen LogP contribution in [0.3, 0.4) is 0 Å². The van der Waals surface area contributed by atoms with Crippen LogP contribution in [0.5, 0.6) is 0 Å². The molecule has 0 aliphatic carbocycles. The van der Waals surface area contributed by atoms with Gasteiger partial charge in [-0.25, -0.2) is 17.6 Å². The van der Waals surface area contributed by atoms with Crippen molar-refractivity contribution in [3.63, 3.8) is 0 Å². The van der Waals surface area contributed by atoms with Gasteiger partial charge in [0.15, 0.2) is 16.4 Å². The normalized spacial score (nSPS) is 11.2. The summed E-state index contributed by atoms with van der Waals surface area (Å²) in [6, 6.07) is 14.2. The van der Waals surface area contributed by atoms with Gasteiger partial charge in [0, 0.05) is 24.1 Å². The molecule has 0 unspecified atom stereocenters. The van der Waals surface area contributed by atoms with E-state index in [0.717, 1.165) is 28.8 Å². The quantitative estimate of drug-likeness (QED) is 0.264. The second-order valence-corrected chi connectivity index (χ2v) is 9.23. The fourth-order valence-corrected chi connectivity index (χ4v) is 3.97. The zero-order valence-electron chi connectivity index (χ0n) is 17.9. The van der Waals surface area contributed by atoms with Crippen LogP contribution in [0.25, 0.3) is 16.9 Å². The predicted octanol–water partition coefficient (Wildman–Crippen LogP) is 3.29. The smallest absolute Gasteiger partial charge is 0.332 e. The Bertz CT molecular complexity index is 1270. The summed E-state index contributed by atoms with van der Waals surface area (Å²) in [7, 11) is -3.35. The summed E-state index contributed by atoms with van der Waals surface area (Å²) in [6.45, 7) is 1.03. The topological polar surface area (TPSA) is 118 Å². The zero-order chi connectivity index (χ0) is 24.2. The Labute approximate surface area is 189 Å². The lowest BCUT2D eigenvalue weighted by atomic mass is 10.1. The van der Waals surface area contributed by atoms with Gasteiger partial charge in [-0.1, -0.05) is 12.1 Å². The molecule has 0 saturated carbocycles. The number of hydrogen-bond donors (Lipinski definition) is 0. The lowest BCUT2D eigenvalue weighted by Gasteiger charge is -2.13. The van der Waals surface area contributed by atoms with Crippen LogP contribution in [0, 0.1) is 22.9 Å². The third-order valence-corrected chi connectivity index (χ3v) is 6.07. The molecule has 0 aliphatic heterocycles. The number of hydrogen-bond acceptors (Lipinski definition) is 7. The first-order chi connectivity index (χ1) is 15.6. The summed E-state index contributed by atoms with van der Waals surface area (Å²) in [5.41, 5.74) is 3.79. The van der Waals surface area contributed by atoms with E-state index < -0.39 is 27.5 Å². The van der Waals surface area contributed by atoms with Crippen molar-refractivity contribution in [2.24, 2.45) is 0 Å². The summed E-state index contributed by atoms with van der Waals surface area (Å²) in [5.74, 6) is -1.24. The van der Waals surface area contributed by atoms with Crippen LogP contribution >= 0.6 is 0 Å². The standard InChI is InChI=1S/C22H21FN2O7S/c1-15-17(11-12-31-22(26)14-32-25(27)28)13-21(24(15)19-7-5-18(23)6-8-19)16-3-9-20(10-4-16)33(2,29)30/h3-10,13H,11-12,14H2,1-2H3. The van der Waals surface area contributed by atoms with Gasteiger partial charge in [0.25, 0.3) is 5.09 Å². The largest absolute Gasteiger partial charge is 0.464 e. The Balaban J connectivity index is 1.92. The van der Waals surface area contributed by atoms with E-state index in [1.54, 1.807) is 24.3 Å². The van der Waals surface area contributed by atoms with Crippen molar-refractivity contribution in [1.82, 2.24) is 4.57 Å². The number of esters is 1. The number of nitrogens with zero attached hydrogens (tertiary/aromatic N) is 2. The highest BCUT2D eigenvalue weighted by molar-refractivity contribution is 7.90. The molecule has 9 nitrogen and oxygen atoms in total. The SMILES string of the molecule is Cc1c(CCOC(=O)CO[N+](=O)[O-])cc(-c2ccc(S(C)(=O)=O)cc2)n1-c1ccc(F)cc1. The molecule has 0 bridgehead atoms. The third-order valence-electron chi connectivity index (χ3n) is 4.94. The highest BCUT2D eigenvalue weighted by Crippen LogP contribution is 2.30. The van der Waals surface area contributed by atoms with Crippen molar-refractivity contribution in [2.75, 3.05) is 19.5 Å². The summed E-state index contributed by atoms with van der Waals surface area (Å²) < 4.78 is 43.9. The minimum Gasteiger partial charge on any atom is -0.464 e. The van der Waals surface area contributed by atoms with Gasteiger partial charge in [0.05, 0.1) is 17.2 Å². The van der Waals surface area contributed by atoms with Gasteiger partial charge in [0.2, 0.25) is 0 Å². The number of halogens is 1. The monoisotopic (exact) mass is 476 g/mol. The first-order valence-corrected chi connectivity index (χ1v) is 11.7. The van der Waals surface area contributed by atoms with Crippen molar-refractivity contribution in [2.45, 2.75) is 18.2 Å². The van der Waals surface area contributed by atoms with Crippen LogP contribution in [0.1, 0.15) is 11.3 Å². The molecule has 0 amide bonds. The van der Waals surface area contributed by atoms with Gasteiger partial charge in [-0.15, -0.1) is 10.1 Å². The van der Waals surface area contributed by atoms with Crippen LogP contribution in [0.4, 0.5) is 4.39 Å². The average molecular weight is 476 g/mol. The Morgan fingerprint density at radius 2 is 1.76 bits per heavy atom. The molecule has 2 aromatic carbocycles. The predicted molar refractivity (Wildman–Crippen MR) is 117 cm³/mol. The van der Waals surface area contributed by atoms with Crippen LogP contribution in [0.2, 0.25) is 0 Å². The maximum Gasteiger partial charge on any atom is 0.332 e. The van der Waals surface area contributed by atoms with E-state index in [1.165, 1.54) is 24.3 Å². The lowest BCUT2D eigenvalue weighted by Crippen LogP contribution is -2.16. The number of carbonyl (C=O) groups is 1. The highest BCUT2D eigenvalue weighted by atomic mass is 32.2. The molecule has 174 valence electrons. The molecule has 33 heavy (non-hydrogen) atoms. The van der Waals surface area contributed by atoms with Crippen molar-refractivity contribution in [3.05, 3.63) is 81.8 Å². The van der Waals surface area contributed by atoms with E-state index >= 15 is 0 Å². The van der Waals surface area contributed by atoms with Crippen LogP contribution < -0.4 is 0 Å². The van der Waals surface area contributed by atoms with Gasteiger partial charge in [-0.05, 0) is 60.5 Å². The second kappa shape index (κ2) is 9.82. The molecule has 0 aliphatic rings. The number of rotatable bonds is 9. The van der Waals surface area contributed by atoms with Crippen molar-refractivity contribution < 1.29 is 32.3 Å². The molecular formula is C22H21FN2O7S. The van der Waals surface area contributed by atoms with Crippen LogP contribution in [0.15, 0.2) is 59.5 Å². The number of carbonyl (C=O) groups excluding carboxylic acids is 1. The highest BCUT2D eigenvalue weighted by Gasteiger charge is 2.17. The zero-order valence-corrected chi connectivity index (χ0v) is 18.7. The van der Waals surface area contributed by atoms with Gasteiger partial charge < -0.3 is 14.1 Å². The fourth-order valence-electron chi connectivity index (χ4n) is 3.34. The number of ether oxygens (including phenoxy) is 1. The minimum absolute atomic E-state index is 0.0271. The first-order valence-electron chi connectivity index (χ1n) is 9.77. The molecule has 0 radical (unpaired) electrons. The third kappa shape index (κ3) is 5.95. The Morgan fingerprint density at radius 1 is 1.12 bits per heavy atom. The van der Waals surface area contributed by atoms with Crippen LogP contribution in [-0.4, -0.2) is 43.5 Å². The van der Waals surface area contributed by atoms with Crippen molar-refractivity contribution >= 4 is 15.8 Å². The minimum atomic E-state index is -3.35. The molecule has 1 heterocycles. The molecular weight excluding hydrogens is 455 g/mol. The lowest BCUT2D eigenvalue weighted by molar-refractivity contribution is -0.754. The van der Waals surface area contributed by atoms with E-state index in [1.807, 2.05) is 17.6 Å². The van der Waals surface area contributed by atoms with E-state index in [0.29, 0.717) is 12.1 Å². The fraction of sp³-hybridized carbons (Fsp3) is 0.227. The van der Waals surface area contributed by atoms with Crippen molar-refractivity contribution in [3.8, 4) is 16.9 Å². The summed E-state index contributed by atoms with van der Waals surface area (Å²) >= 11 is 0. The molecule has 0 atom stereocenters. The Kier molecular flexibility index (Phi) is 7.12. The maximum atomic E-state index is 13.5. The van der Waals surface area contributed by atoms with Gasteiger partial charge in [0.1, 0.15) is 5.82 Å². The molecule has 3 aromatic rings. The average Bonchev–Trinajstić information content (AvgIpc) is 3.08. The first kappa shape index (κ1) is 23.9. The molecule has 1 aromatic heterocycles. The van der Waals surface area contributed by atoms with Gasteiger partial charge >= 0.3 is 5.97 Å². The Morgan fingerprint density at radius 3 is 2.33 bits per heavy atom. The summed E-state index contributed by atoms with van der Waals surface area (Å²) in [5, 5.41) is 9.09. The number of sulfone groups is 1. The van der Waals surface area contributed by atoms with Gasteiger partial charge in [-0.2, -0.15) is 0 Å². The molecule has 3 rings (SSSR count).